The summed E-state index contributed by atoms with van der Waals surface area (Å²) in [6, 6.07) is 6.93. The number of carbonyl (C=O) groups is 1. The summed E-state index contributed by atoms with van der Waals surface area (Å²) in [5.41, 5.74) is 2.55. The van der Waals surface area contributed by atoms with Crippen LogP contribution in [-0.4, -0.2) is 22.3 Å². The van der Waals surface area contributed by atoms with E-state index in [1.54, 1.807) is 4.68 Å². The second-order valence-electron chi connectivity index (χ2n) is 5.05. The van der Waals surface area contributed by atoms with E-state index in [0.717, 1.165) is 27.3 Å². The molecule has 0 radical (unpaired) electrons. The minimum Gasteiger partial charge on any atom is -0.494 e. The molecule has 6 heteroatoms. The zero-order valence-electron chi connectivity index (χ0n) is 13.2. The molecule has 1 unspecified atom stereocenters. The van der Waals surface area contributed by atoms with Gasteiger partial charge in [0.05, 0.1) is 22.5 Å². The third-order valence-corrected chi connectivity index (χ3v) is 4.56. The highest BCUT2D eigenvalue weighted by Crippen LogP contribution is 2.23. The number of halogens is 1. The molecule has 1 N–H and O–H groups in total. The third kappa shape index (κ3) is 3.50. The Morgan fingerprint density at radius 1 is 1.36 bits per heavy atom. The molecule has 22 heavy (non-hydrogen) atoms. The number of nitrogens with zero attached hydrogens (tertiary/aromatic N) is 2. The first-order valence-electron chi connectivity index (χ1n) is 7.19. The molecule has 0 saturated carbocycles. The van der Waals surface area contributed by atoms with E-state index in [-0.39, 0.29) is 5.91 Å². The number of hydrogen-bond donors (Lipinski definition) is 1. The Bertz CT molecular complexity index is 665. The van der Waals surface area contributed by atoms with Gasteiger partial charge >= 0.3 is 0 Å². The standard InChI is InChI=1S/C16H20BrN3O2/c1-5-22-14-8-6-13(7-9-14)18-16(21)12(4)20-11(3)15(17)10(2)19-20/h6-9,12H,5H2,1-4H3,(H,18,21). The Morgan fingerprint density at radius 3 is 2.50 bits per heavy atom. The molecule has 0 aliphatic rings. The van der Waals surface area contributed by atoms with Crippen molar-refractivity contribution >= 4 is 27.5 Å². The summed E-state index contributed by atoms with van der Waals surface area (Å²) in [6.07, 6.45) is 0. The van der Waals surface area contributed by atoms with Gasteiger partial charge in [-0.25, -0.2) is 0 Å². The number of hydrogen-bond acceptors (Lipinski definition) is 3. The van der Waals surface area contributed by atoms with Gasteiger partial charge in [0.25, 0.3) is 0 Å². The smallest absolute Gasteiger partial charge is 0.248 e. The predicted molar refractivity (Wildman–Crippen MR) is 90.4 cm³/mol. The molecule has 1 heterocycles. The highest BCUT2D eigenvalue weighted by molar-refractivity contribution is 9.10. The fraction of sp³-hybridized carbons (Fsp3) is 0.375. The molecule has 0 fully saturated rings. The lowest BCUT2D eigenvalue weighted by Crippen LogP contribution is -2.25. The highest BCUT2D eigenvalue weighted by Gasteiger charge is 2.20. The number of ether oxygens (including phenoxy) is 1. The van der Waals surface area contributed by atoms with Crippen molar-refractivity contribution in [1.82, 2.24) is 9.78 Å². The van der Waals surface area contributed by atoms with Crippen molar-refractivity contribution < 1.29 is 9.53 Å². The van der Waals surface area contributed by atoms with E-state index in [4.69, 9.17) is 4.74 Å². The molecule has 5 nitrogen and oxygen atoms in total. The Labute approximate surface area is 138 Å². The minimum atomic E-state index is -0.392. The van der Waals surface area contributed by atoms with Gasteiger partial charge < -0.3 is 10.1 Å². The molecule has 118 valence electrons. The number of amides is 1. The normalized spacial score (nSPS) is 12.0. The maximum Gasteiger partial charge on any atom is 0.248 e. The zero-order chi connectivity index (χ0) is 16.3. The molecule has 2 aromatic rings. The van der Waals surface area contributed by atoms with Crippen LogP contribution in [0.15, 0.2) is 28.7 Å². The van der Waals surface area contributed by atoms with Crippen LogP contribution in [0.25, 0.3) is 0 Å². The average molecular weight is 366 g/mol. The monoisotopic (exact) mass is 365 g/mol. The lowest BCUT2D eigenvalue weighted by Gasteiger charge is -2.15. The highest BCUT2D eigenvalue weighted by atomic mass is 79.9. The van der Waals surface area contributed by atoms with Crippen LogP contribution in [0.2, 0.25) is 0 Å². The van der Waals surface area contributed by atoms with Gasteiger partial charge in [0.15, 0.2) is 0 Å². The SMILES string of the molecule is CCOc1ccc(NC(=O)C(C)n2nc(C)c(Br)c2C)cc1. The zero-order valence-corrected chi connectivity index (χ0v) is 14.8. The minimum absolute atomic E-state index is 0.109. The summed E-state index contributed by atoms with van der Waals surface area (Å²) in [7, 11) is 0. The number of aryl methyl sites for hydroxylation is 1. The van der Waals surface area contributed by atoms with E-state index in [1.807, 2.05) is 52.0 Å². The van der Waals surface area contributed by atoms with E-state index in [2.05, 4.69) is 26.3 Å². The molecule has 1 amide bonds. The van der Waals surface area contributed by atoms with Crippen molar-refractivity contribution in [2.45, 2.75) is 33.7 Å². The average Bonchev–Trinajstić information content (AvgIpc) is 2.76. The topological polar surface area (TPSA) is 56.1 Å². The van der Waals surface area contributed by atoms with Gasteiger partial charge in [-0.2, -0.15) is 5.10 Å². The molecule has 0 aliphatic carbocycles. The van der Waals surface area contributed by atoms with Crippen LogP contribution in [0.1, 0.15) is 31.3 Å². The lowest BCUT2D eigenvalue weighted by molar-refractivity contribution is -0.119. The molecule has 0 spiro atoms. The van der Waals surface area contributed by atoms with Gasteiger partial charge in [-0.1, -0.05) is 0 Å². The van der Waals surface area contributed by atoms with Gasteiger partial charge in [-0.05, 0) is 67.9 Å². The van der Waals surface area contributed by atoms with E-state index in [1.165, 1.54) is 0 Å². The number of aromatic nitrogens is 2. The molecular formula is C16H20BrN3O2. The fourth-order valence-corrected chi connectivity index (χ4v) is 2.44. The van der Waals surface area contributed by atoms with Gasteiger partial charge in [0.1, 0.15) is 11.8 Å². The third-order valence-electron chi connectivity index (χ3n) is 3.42. The summed E-state index contributed by atoms with van der Waals surface area (Å²) in [5.74, 6) is 0.679. The Balaban J connectivity index is 2.09. The quantitative estimate of drug-likeness (QED) is 0.874. The van der Waals surface area contributed by atoms with E-state index < -0.39 is 6.04 Å². The van der Waals surface area contributed by atoms with Crippen molar-refractivity contribution in [3.8, 4) is 5.75 Å². The first-order chi connectivity index (χ1) is 10.4. The molecular weight excluding hydrogens is 346 g/mol. The number of nitrogens with one attached hydrogen (secondary N) is 1. The predicted octanol–water partition coefficient (Wildman–Crippen LogP) is 3.86. The summed E-state index contributed by atoms with van der Waals surface area (Å²) in [6.45, 7) is 8.23. The van der Waals surface area contributed by atoms with Crippen molar-refractivity contribution in [3.63, 3.8) is 0 Å². The fourth-order valence-electron chi connectivity index (χ4n) is 2.18. The van der Waals surface area contributed by atoms with Crippen molar-refractivity contribution in [2.75, 3.05) is 11.9 Å². The van der Waals surface area contributed by atoms with Crippen LogP contribution in [0, 0.1) is 13.8 Å². The Hall–Kier alpha value is -1.82. The number of rotatable bonds is 5. The molecule has 1 aromatic heterocycles. The van der Waals surface area contributed by atoms with Crippen LogP contribution in [-0.2, 0) is 4.79 Å². The first kappa shape index (κ1) is 16.5. The van der Waals surface area contributed by atoms with E-state index >= 15 is 0 Å². The van der Waals surface area contributed by atoms with Crippen LogP contribution in [0.4, 0.5) is 5.69 Å². The Morgan fingerprint density at radius 2 is 2.00 bits per heavy atom. The van der Waals surface area contributed by atoms with Gasteiger partial charge in [-0.3, -0.25) is 9.48 Å². The van der Waals surface area contributed by atoms with Gasteiger partial charge in [-0.15, -0.1) is 0 Å². The Kier molecular flexibility index (Phi) is 5.24. The van der Waals surface area contributed by atoms with Crippen LogP contribution in [0.5, 0.6) is 5.75 Å². The van der Waals surface area contributed by atoms with Gasteiger partial charge in [0, 0.05) is 5.69 Å². The summed E-state index contributed by atoms with van der Waals surface area (Å²) in [4.78, 5) is 12.4. The first-order valence-corrected chi connectivity index (χ1v) is 7.98. The molecule has 1 aromatic carbocycles. The molecule has 0 saturated heterocycles. The van der Waals surface area contributed by atoms with Crippen molar-refractivity contribution in [2.24, 2.45) is 0 Å². The molecule has 2 rings (SSSR count). The maximum absolute atomic E-state index is 12.4. The van der Waals surface area contributed by atoms with Crippen molar-refractivity contribution in [1.29, 1.82) is 0 Å². The number of carbonyl (C=O) groups excluding carboxylic acids is 1. The van der Waals surface area contributed by atoms with Crippen LogP contribution < -0.4 is 10.1 Å². The molecule has 0 aliphatic heterocycles. The second-order valence-corrected chi connectivity index (χ2v) is 5.84. The molecule has 0 bridgehead atoms. The summed E-state index contributed by atoms with van der Waals surface area (Å²) in [5, 5.41) is 7.29. The second kappa shape index (κ2) is 6.96. The van der Waals surface area contributed by atoms with Crippen LogP contribution in [0.3, 0.4) is 0 Å². The van der Waals surface area contributed by atoms with Gasteiger partial charge in [0.2, 0.25) is 5.91 Å². The maximum atomic E-state index is 12.4. The summed E-state index contributed by atoms with van der Waals surface area (Å²) >= 11 is 3.48. The number of anilines is 1. The summed E-state index contributed by atoms with van der Waals surface area (Å²) < 4.78 is 8.05. The number of benzene rings is 1. The van der Waals surface area contributed by atoms with E-state index in [0.29, 0.717) is 6.61 Å². The largest absolute Gasteiger partial charge is 0.494 e. The lowest BCUT2D eigenvalue weighted by atomic mass is 10.2. The molecule has 1 atom stereocenters. The van der Waals surface area contributed by atoms with Crippen molar-refractivity contribution in [3.05, 3.63) is 40.1 Å². The van der Waals surface area contributed by atoms with Crippen LogP contribution >= 0.6 is 15.9 Å². The van der Waals surface area contributed by atoms with E-state index in [9.17, 15) is 4.79 Å².